The summed E-state index contributed by atoms with van der Waals surface area (Å²) in [5, 5.41) is 0. The topological polar surface area (TPSA) is 62.3 Å². The Kier molecular flexibility index (Phi) is 5.07. The first-order valence-electron chi connectivity index (χ1n) is 6.50. The lowest BCUT2D eigenvalue weighted by Gasteiger charge is -2.25. The molecule has 1 N–H and O–H groups in total. The number of nitrogens with one attached hydrogen (secondary N) is 1. The molecule has 2 rings (SSSR count). The van der Waals surface area contributed by atoms with Crippen LogP contribution in [0.2, 0.25) is 0 Å². The quantitative estimate of drug-likeness (QED) is 0.887. The molecule has 6 heteroatoms. The van der Waals surface area contributed by atoms with Crippen molar-refractivity contribution < 1.29 is 8.42 Å². The first kappa shape index (κ1) is 14.2. The summed E-state index contributed by atoms with van der Waals surface area (Å²) in [6.45, 7) is 1.55. The first-order chi connectivity index (χ1) is 9.18. The molecule has 0 spiro atoms. The summed E-state index contributed by atoms with van der Waals surface area (Å²) in [5.74, 6) is 0. The molecule has 19 heavy (non-hydrogen) atoms. The smallest absolute Gasteiger partial charge is 0.264 e. The van der Waals surface area contributed by atoms with Crippen molar-refractivity contribution >= 4 is 16.3 Å². The maximum atomic E-state index is 12.0. The molecule has 0 aromatic carbocycles. The Hall–Kier alpha value is -1.24. The highest BCUT2D eigenvalue weighted by molar-refractivity contribution is 7.87. The normalized spacial score (nSPS) is 17.9. The molecule has 0 aliphatic carbocycles. The van der Waals surface area contributed by atoms with Gasteiger partial charge in [0.2, 0.25) is 0 Å². The Bertz CT molecular complexity index is 508. The van der Waals surface area contributed by atoms with Crippen molar-refractivity contribution in [2.75, 3.05) is 19.6 Å². The Morgan fingerprint density at radius 1 is 1.32 bits per heavy atom. The van der Waals surface area contributed by atoms with Crippen LogP contribution in [0.15, 0.2) is 30.6 Å². The number of piperidine rings is 1. The van der Waals surface area contributed by atoms with Crippen molar-refractivity contribution in [1.29, 1.82) is 0 Å². The Morgan fingerprint density at radius 3 is 2.79 bits per heavy atom. The van der Waals surface area contributed by atoms with Gasteiger partial charge in [-0.05, 0) is 24.5 Å². The van der Waals surface area contributed by atoms with E-state index in [0.29, 0.717) is 19.6 Å². The lowest BCUT2D eigenvalue weighted by atomic mass is 10.2. The van der Waals surface area contributed by atoms with Gasteiger partial charge in [0.25, 0.3) is 10.2 Å². The largest absolute Gasteiger partial charge is 0.279 e. The molecule has 0 bridgehead atoms. The number of rotatable bonds is 5. The molecular weight excluding hydrogens is 262 g/mol. The van der Waals surface area contributed by atoms with E-state index in [4.69, 9.17) is 0 Å². The van der Waals surface area contributed by atoms with Gasteiger partial charge in [0, 0.05) is 32.0 Å². The average molecular weight is 281 g/mol. The van der Waals surface area contributed by atoms with Gasteiger partial charge < -0.3 is 0 Å². The minimum Gasteiger partial charge on any atom is -0.264 e. The molecular formula is C13H19N3O2S. The van der Waals surface area contributed by atoms with Crippen molar-refractivity contribution in [2.45, 2.75) is 19.3 Å². The van der Waals surface area contributed by atoms with E-state index in [1.165, 1.54) is 4.31 Å². The van der Waals surface area contributed by atoms with Crippen molar-refractivity contribution in [1.82, 2.24) is 14.0 Å². The molecule has 0 saturated carbocycles. The highest BCUT2D eigenvalue weighted by atomic mass is 32.2. The monoisotopic (exact) mass is 281 g/mol. The second-order valence-electron chi connectivity index (χ2n) is 4.50. The van der Waals surface area contributed by atoms with Gasteiger partial charge in [-0.3, -0.25) is 4.98 Å². The van der Waals surface area contributed by atoms with E-state index in [-0.39, 0.29) is 0 Å². The molecule has 0 atom stereocenters. The maximum Gasteiger partial charge on any atom is 0.279 e. The van der Waals surface area contributed by atoms with Crippen LogP contribution in [0.4, 0.5) is 0 Å². The van der Waals surface area contributed by atoms with E-state index < -0.39 is 10.2 Å². The summed E-state index contributed by atoms with van der Waals surface area (Å²) in [7, 11) is -3.32. The minimum absolute atomic E-state index is 0.299. The lowest BCUT2D eigenvalue weighted by Crippen LogP contribution is -2.43. The number of hydrogen-bond acceptors (Lipinski definition) is 3. The van der Waals surface area contributed by atoms with Gasteiger partial charge in [-0.15, -0.1) is 0 Å². The van der Waals surface area contributed by atoms with Crippen molar-refractivity contribution in [3.63, 3.8) is 0 Å². The van der Waals surface area contributed by atoms with Crippen molar-refractivity contribution in [3.8, 4) is 0 Å². The van der Waals surface area contributed by atoms with E-state index in [1.807, 2.05) is 18.2 Å². The van der Waals surface area contributed by atoms with E-state index in [0.717, 1.165) is 24.8 Å². The molecule has 5 nitrogen and oxygen atoms in total. The van der Waals surface area contributed by atoms with Crippen LogP contribution in [0, 0.1) is 0 Å². The molecule has 1 saturated heterocycles. The van der Waals surface area contributed by atoms with Crippen LogP contribution in [0.25, 0.3) is 6.08 Å². The highest BCUT2D eigenvalue weighted by Crippen LogP contribution is 2.11. The molecule has 104 valence electrons. The van der Waals surface area contributed by atoms with Gasteiger partial charge in [0.1, 0.15) is 0 Å². The maximum absolute atomic E-state index is 12.0. The zero-order chi connectivity index (χ0) is 13.6. The molecule has 2 heterocycles. The predicted octanol–water partition coefficient (Wildman–Crippen LogP) is 1.42. The fourth-order valence-electron chi connectivity index (χ4n) is 2.02. The third-order valence-electron chi connectivity index (χ3n) is 3.03. The number of aromatic nitrogens is 1. The van der Waals surface area contributed by atoms with E-state index in [2.05, 4.69) is 9.71 Å². The fraction of sp³-hybridized carbons (Fsp3) is 0.462. The lowest BCUT2D eigenvalue weighted by molar-refractivity contribution is 0.342. The zero-order valence-corrected chi connectivity index (χ0v) is 11.6. The van der Waals surface area contributed by atoms with Gasteiger partial charge >= 0.3 is 0 Å². The molecule has 1 aromatic rings. The van der Waals surface area contributed by atoms with Crippen LogP contribution < -0.4 is 4.72 Å². The number of nitrogens with zero attached hydrogens (tertiary/aromatic N) is 2. The Morgan fingerprint density at radius 2 is 2.11 bits per heavy atom. The second-order valence-corrected chi connectivity index (χ2v) is 6.26. The van der Waals surface area contributed by atoms with Crippen LogP contribution in [-0.2, 0) is 10.2 Å². The summed E-state index contributed by atoms with van der Waals surface area (Å²) in [5.41, 5.74) is 0.958. The van der Waals surface area contributed by atoms with Crippen LogP contribution in [0.1, 0.15) is 24.8 Å². The third kappa shape index (κ3) is 4.41. The standard InChI is InChI=1S/C13H19N3O2S/c17-19(18,16-10-2-1-3-11-16)15-9-5-7-13-6-4-8-14-12-13/h4-8,12,15H,1-3,9-11H2. The van der Waals surface area contributed by atoms with Crippen LogP contribution >= 0.6 is 0 Å². The van der Waals surface area contributed by atoms with Crippen molar-refractivity contribution in [3.05, 3.63) is 36.2 Å². The van der Waals surface area contributed by atoms with Gasteiger partial charge in [-0.2, -0.15) is 17.4 Å². The average Bonchev–Trinajstić information content (AvgIpc) is 2.46. The first-order valence-corrected chi connectivity index (χ1v) is 7.94. The number of pyridine rings is 1. The van der Waals surface area contributed by atoms with Crippen molar-refractivity contribution in [2.24, 2.45) is 0 Å². The van der Waals surface area contributed by atoms with Gasteiger partial charge in [0.05, 0.1) is 0 Å². The summed E-state index contributed by atoms with van der Waals surface area (Å²) in [4.78, 5) is 3.99. The van der Waals surface area contributed by atoms with Gasteiger partial charge in [-0.1, -0.05) is 24.6 Å². The molecule has 1 aliphatic heterocycles. The molecule has 0 amide bonds. The number of hydrogen-bond donors (Lipinski definition) is 1. The summed E-state index contributed by atoms with van der Waals surface area (Å²) in [6, 6.07) is 3.76. The van der Waals surface area contributed by atoms with Gasteiger partial charge in [-0.25, -0.2) is 0 Å². The van der Waals surface area contributed by atoms with Gasteiger partial charge in [0.15, 0.2) is 0 Å². The third-order valence-corrected chi connectivity index (χ3v) is 4.61. The van der Waals surface area contributed by atoms with E-state index >= 15 is 0 Å². The SMILES string of the molecule is O=S(=O)(NCC=Cc1cccnc1)N1CCCCC1. The van der Waals surface area contributed by atoms with E-state index in [1.54, 1.807) is 18.5 Å². The summed E-state index contributed by atoms with van der Waals surface area (Å²) in [6.07, 6.45) is 10.1. The van der Waals surface area contributed by atoms with Crippen LogP contribution in [0.5, 0.6) is 0 Å². The van der Waals surface area contributed by atoms with Crippen LogP contribution in [0.3, 0.4) is 0 Å². The van der Waals surface area contributed by atoms with E-state index in [9.17, 15) is 8.42 Å². The summed E-state index contributed by atoms with van der Waals surface area (Å²) >= 11 is 0. The summed E-state index contributed by atoms with van der Waals surface area (Å²) < 4.78 is 28.0. The molecule has 1 aliphatic rings. The molecule has 0 unspecified atom stereocenters. The molecule has 1 aromatic heterocycles. The predicted molar refractivity (Wildman–Crippen MR) is 75.6 cm³/mol. The molecule has 0 radical (unpaired) electrons. The Balaban J connectivity index is 1.83. The fourth-order valence-corrected chi connectivity index (χ4v) is 3.25. The second kappa shape index (κ2) is 6.79. The minimum atomic E-state index is -3.32. The Labute approximate surface area is 114 Å². The molecule has 1 fully saturated rings. The van der Waals surface area contributed by atoms with Crippen LogP contribution in [-0.4, -0.2) is 37.3 Å². The highest BCUT2D eigenvalue weighted by Gasteiger charge is 2.22. The zero-order valence-electron chi connectivity index (χ0n) is 10.8.